The van der Waals surface area contributed by atoms with Crippen LogP contribution < -0.4 is 5.32 Å². The van der Waals surface area contributed by atoms with Crippen LogP contribution in [0.25, 0.3) is 0 Å². The molecule has 0 aliphatic carbocycles. The Morgan fingerprint density at radius 1 is 1.17 bits per heavy atom. The molecule has 0 bridgehead atoms. The molecule has 1 heterocycles. The van der Waals surface area contributed by atoms with Gasteiger partial charge in [-0.1, -0.05) is 26.0 Å². The monoisotopic (exact) mass is 387 g/mol. The summed E-state index contributed by atoms with van der Waals surface area (Å²) in [5.74, 6) is 0.586. The van der Waals surface area contributed by atoms with Crippen molar-refractivity contribution in [1.82, 2.24) is 0 Å². The zero-order valence-electron chi connectivity index (χ0n) is 10.3. The molecular formula is C14H15Br2NS. The molecule has 4 heteroatoms. The van der Waals surface area contributed by atoms with Crippen LogP contribution in [0.5, 0.6) is 0 Å². The van der Waals surface area contributed by atoms with Gasteiger partial charge in [-0.25, -0.2) is 0 Å². The Balaban J connectivity index is 1.97. The molecule has 1 N–H and O–H groups in total. The highest BCUT2D eigenvalue weighted by Gasteiger charge is 2.04. The van der Waals surface area contributed by atoms with E-state index in [0.717, 1.165) is 14.8 Å². The lowest BCUT2D eigenvalue weighted by atomic mass is 10.0. The largest absolute Gasteiger partial charge is 0.380 e. The van der Waals surface area contributed by atoms with E-state index in [1.165, 1.54) is 16.1 Å². The van der Waals surface area contributed by atoms with E-state index in [-0.39, 0.29) is 0 Å². The second kappa shape index (κ2) is 6.22. The van der Waals surface area contributed by atoms with E-state index in [9.17, 15) is 0 Å². The van der Waals surface area contributed by atoms with Crippen LogP contribution in [0.1, 0.15) is 30.2 Å². The lowest BCUT2D eigenvalue weighted by Crippen LogP contribution is -1.97. The quantitative estimate of drug-likeness (QED) is 0.676. The van der Waals surface area contributed by atoms with E-state index in [0.29, 0.717) is 5.92 Å². The molecule has 96 valence electrons. The van der Waals surface area contributed by atoms with Crippen molar-refractivity contribution in [3.8, 4) is 0 Å². The average Bonchev–Trinajstić information content (AvgIpc) is 2.67. The van der Waals surface area contributed by atoms with Gasteiger partial charge >= 0.3 is 0 Å². The fourth-order valence-corrected chi connectivity index (χ4v) is 3.77. The fourth-order valence-electron chi connectivity index (χ4n) is 1.65. The molecule has 0 aliphatic heterocycles. The number of hydrogen-bond donors (Lipinski definition) is 1. The summed E-state index contributed by atoms with van der Waals surface area (Å²) in [6.45, 7) is 5.28. The van der Waals surface area contributed by atoms with Crippen LogP contribution in [-0.4, -0.2) is 0 Å². The molecule has 0 aliphatic rings. The summed E-state index contributed by atoms with van der Waals surface area (Å²) in [6, 6.07) is 10.8. The Kier molecular flexibility index (Phi) is 4.87. The number of rotatable bonds is 4. The topological polar surface area (TPSA) is 12.0 Å². The van der Waals surface area contributed by atoms with E-state index in [4.69, 9.17) is 0 Å². The smallest absolute Gasteiger partial charge is 0.0843 e. The lowest BCUT2D eigenvalue weighted by Gasteiger charge is -2.08. The standard InChI is InChI=1S/C14H15Br2NS/c1-9(2)10-3-5-11(6-4-10)17-8-12-7-13(15)14(16)18-12/h3-7,9,17H,8H2,1-2H3. The number of halogens is 2. The van der Waals surface area contributed by atoms with Gasteiger partial charge in [0.2, 0.25) is 0 Å². The first-order valence-electron chi connectivity index (χ1n) is 5.84. The van der Waals surface area contributed by atoms with Gasteiger partial charge in [0.1, 0.15) is 0 Å². The molecule has 2 rings (SSSR count). The minimum atomic E-state index is 0.586. The summed E-state index contributed by atoms with van der Waals surface area (Å²) in [4.78, 5) is 1.31. The maximum absolute atomic E-state index is 3.51. The van der Waals surface area contributed by atoms with Gasteiger partial charge in [0, 0.05) is 21.6 Å². The highest BCUT2D eigenvalue weighted by atomic mass is 79.9. The van der Waals surface area contributed by atoms with Gasteiger partial charge in [-0.15, -0.1) is 11.3 Å². The molecule has 0 saturated carbocycles. The molecule has 0 radical (unpaired) electrons. The van der Waals surface area contributed by atoms with Gasteiger partial charge in [-0.2, -0.15) is 0 Å². The van der Waals surface area contributed by atoms with Crippen LogP contribution in [-0.2, 0) is 6.54 Å². The maximum atomic E-state index is 3.51. The maximum Gasteiger partial charge on any atom is 0.0843 e. The van der Waals surface area contributed by atoms with E-state index >= 15 is 0 Å². The van der Waals surface area contributed by atoms with Gasteiger partial charge in [0.05, 0.1) is 3.79 Å². The zero-order chi connectivity index (χ0) is 13.1. The summed E-state index contributed by atoms with van der Waals surface area (Å²) < 4.78 is 2.27. The van der Waals surface area contributed by atoms with Gasteiger partial charge in [-0.05, 0) is 61.5 Å². The van der Waals surface area contributed by atoms with Crippen molar-refractivity contribution in [3.05, 3.63) is 49.0 Å². The summed E-state index contributed by atoms with van der Waals surface area (Å²) in [5, 5.41) is 3.44. The van der Waals surface area contributed by atoms with Crippen LogP contribution in [0, 0.1) is 0 Å². The average molecular weight is 389 g/mol. The molecule has 2 aromatic rings. The van der Waals surface area contributed by atoms with Crippen molar-refractivity contribution in [2.24, 2.45) is 0 Å². The Labute approximate surface area is 129 Å². The summed E-state index contributed by atoms with van der Waals surface area (Å²) in [5.41, 5.74) is 2.54. The molecule has 1 nitrogen and oxygen atoms in total. The molecule has 0 amide bonds. The van der Waals surface area contributed by atoms with Crippen molar-refractivity contribution in [1.29, 1.82) is 0 Å². The van der Waals surface area contributed by atoms with Crippen LogP contribution in [0.2, 0.25) is 0 Å². The van der Waals surface area contributed by atoms with Gasteiger partial charge < -0.3 is 5.32 Å². The minimum absolute atomic E-state index is 0.586. The van der Waals surface area contributed by atoms with E-state index in [1.807, 2.05) is 0 Å². The minimum Gasteiger partial charge on any atom is -0.380 e. The molecular weight excluding hydrogens is 374 g/mol. The predicted octanol–water partition coefficient (Wildman–Crippen LogP) is 6.01. The Bertz CT molecular complexity index is 498. The molecule has 1 aromatic carbocycles. The molecule has 0 saturated heterocycles. The van der Waals surface area contributed by atoms with E-state index in [2.05, 4.69) is 81.4 Å². The third-order valence-electron chi connectivity index (χ3n) is 2.74. The molecule has 18 heavy (non-hydrogen) atoms. The summed E-state index contributed by atoms with van der Waals surface area (Å²) >= 11 is 8.76. The first kappa shape index (κ1) is 14.1. The second-order valence-corrected chi connectivity index (χ2v) is 7.77. The highest BCUT2D eigenvalue weighted by molar-refractivity contribution is 9.13. The molecule has 0 fully saturated rings. The first-order valence-corrected chi connectivity index (χ1v) is 8.24. The van der Waals surface area contributed by atoms with Crippen LogP contribution in [0.15, 0.2) is 38.6 Å². The molecule has 0 spiro atoms. The van der Waals surface area contributed by atoms with Crippen molar-refractivity contribution >= 4 is 48.9 Å². The zero-order valence-corrected chi connectivity index (χ0v) is 14.3. The summed E-state index contributed by atoms with van der Waals surface area (Å²) in [7, 11) is 0. The Morgan fingerprint density at radius 3 is 2.33 bits per heavy atom. The fraction of sp³-hybridized carbons (Fsp3) is 0.286. The van der Waals surface area contributed by atoms with Crippen molar-refractivity contribution < 1.29 is 0 Å². The Morgan fingerprint density at radius 2 is 1.83 bits per heavy atom. The molecule has 1 aromatic heterocycles. The van der Waals surface area contributed by atoms with Gasteiger partial charge in [-0.3, -0.25) is 0 Å². The van der Waals surface area contributed by atoms with Crippen molar-refractivity contribution in [2.45, 2.75) is 26.3 Å². The third-order valence-corrected chi connectivity index (χ3v) is 6.00. The van der Waals surface area contributed by atoms with Gasteiger partial charge in [0.15, 0.2) is 0 Å². The second-order valence-electron chi connectivity index (χ2n) is 4.46. The SMILES string of the molecule is CC(C)c1ccc(NCc2cc(Br)c(Br)s2)cc1. The molecule has 0 atom stereocenters. The van der Waals surface area contributed by atoms with Gasteiger partial charge in [0.25, 0.3) is 0 Å². The third kappa shape index (κ3) is 3.59. The van der Waals surface area contributed by atoms with Crippen LogP contribution in [0.4, 0.5) is 5.69 Å². The number of anilines is 1. The number of hydrogen-bond acceptors (Lipinski definition) is 2. The van der Waals surface area contributed by atoms with Crippen LogP contribution in [0.3, 0.4) is 0 Å². The number of nitrogens with one attached hydrogen (secondary N) is 1. The predicted molar refractivity (Wildman–Crippen MR) is 87.6 cm³/mol. The lowest BCUT2D eigenvalue weighted by molar-refractivity contribution is 0.867. The van der Waals surface area contributed by atoms with E-state index in [1.54, 1.807) is 11.3 Å². The van der Waals surface area contributed by atoms with Crippen LogP contribution >= 0.6 is 43.2 Å². The van der Waals surface area contributed by atoms with Crippen molar-refractivity contribution in [2.75, 3.05) is 5.32 Å². The first-order chi connectivity index (χ1) is 8.56. The normalized spacial score (nSPS) is 10.9. The molecule has 0 unspecified atom stereocenters. The summed E-state index contributed by atoms with van der Waals surface area (Å²) in [6.07, 6.45) is 0. The van der Waals surface area contributed by atoms with E-state index < -0.39 is 0 Å². The Hall–Kier alpha value is -0.320. The number of benzene rings is 1. The highest BCUT2D eigenvalue weighted by Crippen LogP contribution is 2.32. The number of thiophene rings is 1. The van der Waals surface area contributed by atoms with Crippen molar-refractivity contribution in [3.63, 3.8) is 0 Å².